The van der Waals surface area contributed by atoms with Crippen LogP contribution < -0.4 is 0 Å². The lowest BCUT2D eigenvalue weighted by molar-refractivity contribution is -0.157. The zero-order valence-electron chi connectivity index (χ0n) is 21.7. The molecule has 0 aromatic carbocycles. The van der Waals surface area contributed by atoms with Crippen LogP contribution in [0, 0.1) is 56.7 Å². The fourth-order valence-electron chi connectivity index (χ4n) is 11.0. The maximum Gasteiger partial charge on any atom is 0.137 e. The van der Waals surface area contributed by atoms with Crippen LogP contribution in [-0.2, 0) is 4.79 Å². The number of fused-ring (bicyclic) bond motifs is 7. The van der Waals surface area contributed by atoms with Gasteiger partial charge in [-0.2, -0.15) is 0 Å². The molecule has 8 unspecified atom stereocenters. The number of carbonyl (C=O) groups is 1. The number of allylic oxidation sites excluding steroid dienone is 2. The Morgan fingerprint density at radius 3 is 2.29 bits per heavy atom. The van der Waals surface area contributed by atoms with Crippen molar-refractivity contribution < 1.29 is 4.79 Å². The molecule has 174 valence electrons. The van der Waals surface area contributed by atoms with Gasteiger partial charge in [-0.05, 0) is 95.7 Å². The molecule has 0 aromatic heterocycles. The molecule has 0 amide bonds. The Balaban J connectivity index is 1.58. The third kappa shape index (κ3) is 2.59. The second kappa shape index (κ2) is 6.50. The minimum atomic E-state index is 0.135. The van der Waals surface area contributed by atoms with Crippen LogP contribution in [0.25, 0.3) is 0 Å². The normalized spacial score (nSPS) is 53.3. The lowest BCUT2D eigenvalue weighted by atomic mass is 9.36. The van der Waals surface area contributed by atoms with Crippen molar-refractivity contribution in [1.29, 1.82) is 0 Å². The van der Waals surface area contributed by atoms with Gasteiger partial charge in [-0.15, -0.1) is 0 Å². The molecule has 0 radical (unpaired) electrons. The van der Waals surface area contributed by atoms with E-state index in [0.717, 1.165) is 18.3 Å². The highest BCUT2D eigenvalue weighted by atomic mass is 16.1. The summed E-state index contributed by atoms with van der Waals surface area (Å²) in [4.78, 5) is 13.6. The summed E-state index contributed by atoms with van der Waals surface area (Å²) in [5, 5.41) is 0. The predicted octanol–water partition coefficient (Wildman–Crippen LogP) is 8.23. The average molecular weight is 425 g/mol. The molecule has 1 heteroatoms. The number of hydrogen-bond donors (Lipinski definition) is 0. The average Bonchev–Trinajstić information content (AvgIpc) is 2.94. The lowest BCUT2D eigenvalue weighted by Crippen LogP contribution is -2.61. The van der Waals surface area contributed by atoms with Gasteiger partial charge in [-0.1, -0.05) is 73.5 Å². The Kier molecular flexibility index (Phi) is 4.66. The smallest absolute Gasteiger partial charge is 0.137 e. The van der Waals surface area contributed by atoms with Gasteiger partial charge in [-0.25, -0.2) is 0 Å². The van der Waals surface area contributed by atoms with E-state index in [9.17, 15) is 4.79 Å². The van der Waals surface area contributed by atoms with Gasteiger partial charge >= 0.3 is 0 Å². The third-order valence-electron chi connectivity index (χ3n) is 12.7. The molecule has 0 aromatic rings. The number of rotatable bonds is 1. The SMILES string of the molecule is CC(C)C1CC(=O)C2C1(C)CCC1(C)C3=CCC4C(C)(C)CCCC4(C)C3CCC21C. The maximum absolute atomic E-state index is 13.6. The van der Waals surface area contributed by atoms with Crippen LogP contribution in [0.5, 0.6) is 0 Å². The summed E-state index contributed by atoms with van der Waals surface area (Å²) >= 11 is 0. The first-order valence-electron chi connectivity index (χ1n) is 13.5. The van der Waals surface area contributed by atoms with Gasteiger partial charge in [0, 0.05) is 12.3 Å². The molecule has 5 aliphatic carbocycles. The number of carbonyl (C=O) groups excluding carboxylic acids is 1. The molecule has 0 bridgehead atoms. The summed E-state index contributed by atoms with van der Waals surface area (Å²) in [7, 11) is 0. The van der Waals surface area contributed by atoms with Crippen LogP contribution in [0.2, 0.25) is 0 Å². The Morgan fingerprint density at radius 2 is 1.61 bits per heavy atom. The van der Waals surface area contributed by atoms with Gasteiger partial charge in [-0.3, -0.25) is 4.79 Å². The topological polar surface area (TPSA) is 17.1 Å². The fourth-order valence-corrected chi connectivity index (χ4v) is 11.0. The molecule has 4 fully saturated rings. The highest BCUT2D eigenvalue weighted by molar-refractivity contribution is 5.86. The van der Waals surface area contributed by atoms with E-state index in [1.807, 2.05) is 0 Å². The van der Waals surface area contributed by atoms with E-state index < -0.39 is 0 Å². The second-order valence-electron chi connectivity index (χ2n) is 14.6. The van der Waals surface area contributed by atoms with Gasteiger partial charge in [0.25, 0.3) is 0 Å². The van der Waals surface area contributed by atoms with Crippen molar-refractivity contribution in [2.45, 2.75) is 113 Å². The summed E-state index contributed by atoms with van der Waals surface area (Å²) in [5.74, 6) is 3.62. The van der Waals surface area contributed by atoms with Crippen molar-refractivity contribution in [3.63, 3.8) is 0 Å². The van der Waals surface area contributed by atoms with Crippen molar-refractivity contribution in [2.75, 3.05) is 0 Å². The van der Waals surface area contributed by atoms with Crippen molar-refractivity contribution in [3.05, 3.63) is 11.6 Å². The van der Waals surface area contributed by atoms with Crippen LogP contribution in [0.4, 0.5) is 0 Å². The van der Waals surface area contributed by atoms with Crippen molar-refractivity contribution >= 4 is 5.78 Å². The molecule has 0 aliphatic heterocycles. The van der Waals surface area contributed by atoms with Crippen molar-refractivity contribution in [2.24, 2.45) is 56.7 Å². The molecule has 5 aliphatic rings. The molecule has 0 N–H and O–H groups in total. The summed E-state index contributed by atoms with van der Waals surface area (Å²) in [5.41, 5.74) is 3.26. The van der Waals surface area contributed by atoms with Crippen LogP contribution >= 0.6 is 0 Å². The second-order valence-corrected chi connectivity index (χ2v) is 14.6. The van der Waals surface area contributed by atoms with E-state index in [0.29, 0.717) is 28.4 Å². The van der Waals surface area contributed by atoms with Gasteiger partial charge in [0.1, 0.15) is 5.78 Å². The highest BCUT2D eigenvalue weighted by Gasteiger charge is 2.70. The van der Waals surface area contributed by atoms with Crippen LogP contribution in [-0.4, -0.2) is 5.78 Å². The summed E-state index contributed by atoms with van der Waals surface area (Å²) in [6.45, 7) is 20.1. The third-order valence-corrected chi connectivity index (χ3v) is 12.7. The highest BCUT2D eigenvalue weighted by Crippen LogP contribution is 2.75. The molecule has 8 atom stereocenters. The summed E-state index contributed by atoms with van der Waals surface area (Å²) in [6.07, 6.45) is 14.1. The van der Waals surface area contributed by atoms with Gasteiger partial charge in [0.2, 0.25) is 0 Å². The van der Waals surface area contributed by atoms with E-state index >= 15 is 0 Å². The van der Waals surface area contributed by atoms with E-state index in [2.05, 4.69) is 61.5 Å². The molecular weight excluding hydrogens is 376 g/mol. The fraction of sp³-hybridized carbons (Fsp3) is 0.900. The van der Waals surface area contributed by atoms with E-state index in [1.54, 1.807) is 5.57 Å². The van der Waals surface area contributed by atoms with Crippen LogP contribution in [0.3, 0.4) is 0 Å². The number of Topliss-reactive ketones (excluding diaryl/α,β-unsaturated/α-hetero) is 1. The molecule has 1 nitrogen and oxygen atoms in total. The Bertz CT molecular complexity index is 818. The van der Waals surface area contributed by atoms with Crippen LogP contribution in [0.1, 0.15) is 113 Å². The molecular formula is C30H48O. The molecule has 4 saturated carbocycles. The molecule has 0 spiro atoms. The maximum atomic E-state index is 13.6. The van der Waals surface area contributed by atoms with Crippen molar-refractivity contribution in [1.82, 2.24) is 0 Å². The van der Waals surface area contributed by atoms with Crippen molar-refractivity contribution in [3.8, 4) is 0 Å². The quantitative estimate of drug-likeness (QED) is 0.387. The van der Waals surface area contributed by atoms with E-state index in [4.69, 9.17) is 0 Å². The van der Waals surface area contributed by atoms with Gasteiger partial charge in [0.05, 0.1) is 0 Å². The zero-order valence-corrected chi connectivity index (χ0v) is 21.7. The number of ketones is 1. The van der Waals surface area contributed by atoms with Gasteiger partial charge in [0.15, 0.2) is 0 Å². The summed E-state index contributed by atoms with van der Waals surface area (Å²) in [6, 6.07) is 0. The molecule has 0 saturated heterocycles. The Labute approximate surface area is 192 Å². The minimum absolute atomic E-state index is 0.135. The molecule has 31 heavy (non-hydrogen) atoms. The number of hydrogen-bond acceptors (Lipinski definition) is 1. The molecule has 5 rings (SSSR count). The van der Waals surface area contributed by atoms with E-state index in [1.165, 1.54) is 51.4 Å². The predicted molar refractivity (Wildman–Crippen MR) is 130 cm³/mol. The first kappa shape index (κ1) is 22.2. The minimum Gasteiger partial charge on any atom is -0.299 e. The Hall–Kier alpha value is -0.590. The zero-order chi connectivity index (χ0) is 22.6. The first-order chi connectivity index (χ1) is 14.3. The summed E-state index contributed by atoms with van der Waals surface area (Å²) < 4.78 is 0. The lowest BCUT2D eigenvalue weighted by Gasteiger charge is -2.68. The Morgan fingerprint density at radius 1 is 0.903 bits per heavy atom. The monoisotopic (exact) mass is 424 g/mol. The first-order valence-corrected chi connectivity index (χ1v) is 13.5. The van der Waals surface area contributed by atoms with Crippen LogP contribution in [0.15, 0.2) is 11.6 Å². The van der Waals surface area contributed by atoms with E-state index in [-0.39, 0.29) is 22.2 Å². The largest absolute Gasteiger partial charge is 0.299 e. The van der Waals surface area contributed by atoms with Gasteiger partial charge < -0.3 is 0 Å². The molecule has 0 heterocycles. The standard InChI is InChI=1S/C30H48O/c1-19(2)22-18-23(31)25-28(22,6)16-17-29(7)21-10-11-24-26(3,4)13-9-14-27(24,5)20(21)12-15-30(25,29)8/h10,19-20,22,24-25H,9,11-18H2,1-8H3.